The molecule has 0 amide bonds. The lowest BCUT2D eigenvalue weighted by Gasteiger charge is -2.32. The van der Waals surface area contributed by atoms with Crippen LogP contribution in [0, 0.1) is 11.8 Å². The number of piperidine rings is 1. The van der Waals surface area contributed by atoms with Gasteiger partial charge in [0.2, 0.25) is 0 Å². The number of likely N-dealkylation sites (tertiary alicyclic amines) is 1. The molecule has 1 heterocycles. The molecule has 0 saturated carbocycles. The first-order valence-electron chi connectivity index (χ1n) is 6.54. The summed E-state index contributed by atoms with van der Waals surface area (Å²) in [5.74, 6) is 2.62. The highest BCUT2D eigenvalue weighted by atomic mass is 35.5. The SMILES string of the molecule is CCC1CCN(CCC(C)CCCl)CC1. The zero-order chi connectivity index (χ0) is 11.1. The maximum atomic E-state index is 5.74. The van der Waals surface area contributed by atoms with E-state index in [0.29, 0.717) is 0 Å². The minimum Gasteiger partial charge on any atom is -0.303 e. The topological polar surface area (TPSA) is 3.24 Å². The largest absolute Gasteiger partial charge is 0.303 e. The Balaban J connectivity index is 2.08. The summed E-state index contributed by atoms with van der Waals surface area (Å²) >= 11 is 5.74. The number of nitrogens with zero attached hydrogens (tertiary/aromatic N) is 1. The quantitative estimate of drug-likeness (QED) is 0.630. The van der Waals surface area contributed by atoms with Gasteiger partial charge in [0.15, 0.2) is 0 Å². The molecule has 0 aliphatic carbocycles. The van der Waals surface area contributed by atoms with Crippen LogP contribution in [-0.4, -0.2) is 30.4 Å². The molecule has 0 bridgehead atoms. The van der Waals surface area contributed by atoms with E-state index in [0.717, 1.165) is 17.7 Å². The second kappa shape index (κ2) is 7.51. The first-order chi connectivity index (χ1) is 7.26. The summed E-state index contributed by atoms with van der Waals surface area (Å²) in [5.41, 5.74) is 0. The summed E-state index contributed by atoms with van der Waals surface area (Å²) in [5, 5.41) is 0. The summed E-state index contributed by atoms with van der Waals surface area (Å²) in [6.07, 6.45) is 6.70. The van der Waals surface area contributed by atoms with E-state index in [9.17, 15) is 0 Å². The molecule has 1 atom stereocenters. The molecule has 90 valence electrons. The van der Waals surface area contributed by atoms with Crippen molar-refractivity contribution in [2.45, 2.75) is 46.0 Å². The molecule has 0 aromatic carbocycles. The summed E-state index contributed by atoms with van der Waals surface area (Å²) in [4.78, 5) is 2.64. The molecule has 1 unspecified atom stereocenters. The number of halogens is 1. The Hall–Kier alpha value is 0.250. The van der Waals surface area contributed by atoms with Crippen LogP contribution >= 0.6 is 11.6 Å². The summed E-state index contributed by atoms with van der Waals surface area (Å²) in [7, 11) is 0. The minimum absolute atomic E-state index is 0.798. The molecule has 0 radical (unpaired) electrons. The van der Waals surface area contributed by atoms with Crippen LogP contribution in [0.25, 0.3) is 0 Å². The van der Waals surface area contributed by atoms with Gasteiger partial charge in [0.25, 0.3) is 0 Å². The van der Waals surface area contributed by atoms with E-state index >= 15 is 0 Å². The molecule has 1 fully saturated rings. The van der Waals surface area contributed by atoms with Crippen LogP contribution in [0.1, 0.15) is 46.0 Å². The molecule has 0 aromatic rings. The molecule has 2 heteroatoms. The maximum absolute atomic E-state index is 5.74. The van der Waals surface area contributed by atoms with Crippen molar-refractivity contribution in [3.8, 4) is 0 Å². The summed E-state index contributed by atoms with van der Waals surface area (Å²) in [6.45, 7) is 8.58. The highest BCUT2D eigenvalue weighted by molar-refractivity contribution is 6.17. The Labute approximate surface area is 100 Å². The van der Waals surface area contributed by atoms with Crippen LogP contribution in [0.4, 0.5) is 0 Å². The lowest BCUT2D eigenvalue weighted by atomic mass is 9.94. The third-order valence-electron chi connectivity index (χ3n) is 3.82. The summed E-state index contributed by atoms with van der Waals surface area (Å²) in [6, 6.07) is 0. The van der Waals surface area contributed by atoms with Gasteiger partial charge < -0.3 is 4.90 Å². The van der Waals surface area contributed by atoms with Crippen molar-refractivity contribution in [1.29, 1.82) is 0 Å². The first kappa shape index (κ1) is 13.3. The average Bonchev–Trinajstić information content (AvgIpc) is 2.27. The molecule has 0 aromatic heterocycles. The van der Waals surface area contributed by atoms with Gasteiger partial charge in [-0.1, -0.05) is 20.3 Å². The van der Waals surface area contributed by atoms with Gasteiger partial charge in [-0.05, 0) is 57.2 Å². The van der Waals surface area contributed by atoms with Crippen LogP contribution in [0.2, 0.25) is 0 Å². The zero-order valence-corrected chi connectivity index (χ0v) is 11.1. The monoisotopic (exact) mass is 231 g/mol. The summed E-state index contributed by atoms with van der Waals surface area (Å²) < 4.78 is 0. The molecule has 1 aliphatic rings. The van der Waals surface area contributed by atoms with E-state index < -0.39 is 0 Å². The fourth-order valence-electron chi connectivity index (χ4n) is 2.35. The Morgan fingerprint density at radius 3 is 2.47 bits per heavy atom. The third-order valence-corrected chi connectivity index (χ3v) is 4.04. The normalized spacial score (nSPS) is 21.8. The van der Waals surface area contributed by atoms with Crippen molar-refractivity contribution < 1.29 is 0 Å². The average molecular weight is 232 g/mol. The van der Waals surface area contributed by atoms with E-state index in [-0.39, 0.29) is 0 Å². The van der Waals surface area contributed by atoms with Crippen LogP contribution in [0.3, 0.4) is 0 Å². The second-order valence-electron chi connectivity index (χ2n) is 5.06. The highest BCUT2D eigenvalue weighted by Crippen LogP contribution is 2.20. The standard InChI is InChI=1S/C13H26ClN/c1-3-13-6-10-15(11-7-13)9-5-12(2)4-8-14/h12-13H,3-11H2,1-2H3. The van der Waals surface area contributed by atoms with Gasteiger partial charge in [0, 0.05) is 5.88 Å². The van der Waals surface area contributed by atoms with Crippen molar-refractivity contribution in [1.82, 2.24) is 4.90 Å². The van der Waals surface area contributed by atoms with E-state index in [4.69, 9.17) is 11.6 Å². The highest BCUT2D eigenvalue weighted by Gasteiger charge is 2.17. The van der Waals surface area contributed by atoms with Gasteiger partial charge in [0.1, 0.15) is 0 Å². The second-order valence-corrected chi connectivity index (χ2v) is 5.44. The lowest BCUT2D eigenvalue weighted by Crippen LogP contribution is -2.34. The van der Waals surface area contributed by atoms with Gasteiger partial charge in [-0.3, -0.25) is 0 Å². The van der Waals surface area contributed by atoms with Gasteiger partial charge in [-0.25, -0.2) is 0 Å². The molecule has 15 heavy (non-hydrogen) atoms. The van der Waals surface area contributed by atoms with Crippen molar-refractivity contribution in [2.24, 2.45) is 11.8 Å². The van der Waals surface area contributed by atoms with E-state index in [1.165, 1.54) is 51.7 Å². The third kappa shape index (κ3) is 5.21. The Kier molecular flexibility index (Phi) is 6.67. The minimum atomic E-state index is 0.798. The number of rotatable bonds is 6. The first-order valence-corrected chi connectivity index (χ1v) is 7.08. The van der Waals surface area contributed by atoms with Crippen LogP contribution in [0.5, 0.6) is 0 Å². The fourth-order valence-corrected chi connectivity index (χ4v) is 2.72. The molecule has 1 aliphatic heterocycles. The van der Waals surface area contributed by atoms with E-state index in [2.05, 4.69) is 18.7 Å². The van der Waals surface area contributed by atoms with Crippen LogP contribution in [0.15, 0.2) is 0 Å². The van der Waals surface area contributed by atoms with E-state index in [1.54, 1.807) is 0 Å². The molecule has 0 spiro atoms. The maximum Gasteiger partial charge on any atom is 0.0225 e. The fraction of sp³-hybridized carbons (Fsp3) is 1.00. The number of alkyl halides is 1. The lowest BCUT2D eigenvalue weighted by molar-refractivity contribution is 0.172. The predicted octanol–water partition coefficient (Wildman–Crippen LogP) is 3.76. The van der Waals surface area contributed by atoms with Crippen molar-refractivity contribution in [2.75, 3.05) is 25.5 Å². The van der Waals surface area contributed by atoms with Crippen LogP contribution < -0.4 is 0 Å². The van der Waals surface area contributed by atoms with Gasteiger partial charge >= 0.3 is 0 Å². The smallest absolute Gasteiger partial charge is 0.0225 e. The van der Waals surface area contributed by atoms with Gasteiger partial charge in [-0.15, -0.1) is 11.6 Å². The van der Waals surface area contributed by atoms with Crippen molar-refractivity contribution in [3.05, 3.63) is 0 Å². The van der Waals surface area contributed by atoms with E-state index in [1.807, 2.05) is 0 Å². The Morgan fingerprint density at radius 2 is 1.93 bits per heavy atom. The molecular formula is C13H26ClN. The van der Waals surface area contributed by atoms with Crippen molar-refractivity contribution in [3.63, 3.8) is 0 Å². The molecule has 0 N–H and O–H groups in total. The number of hydrogen-bond acceptors (Lipinski definition) is 1. The predicted molar refractivity (Wildman–Crippen MR) is 68.6 cm³/mol. The van der Waals surface area contributed by atoms with Crippen LogP contribution in [-0.2, 0) is 0 Å². The molecular weight excluding hydrogens is 206 g/mol. The van der Waals surface area contributed by atoms with Gasteiger partial charge in [0.05, 0.1) is 0 Å². The number of hydrogen-bond donors (Lipinski definition) is 0. The molecule has 1 rings (SSSR count). The Bertz CT molecular complexity index is 153. The zero-order valence-electron chi connectivity index (χ0n) is 10.3. The molecule has 1 saturated heterocycles. The molecule has 1 nitrogen and oxygen atoms in total. The van der Waals surface area contributed by atoms with Crippen molar-refractivity contribution >= 4 is 11.6 Å². The van der Waals surface area contributed by atoms with Gasteiger partial charge in [-0.2, -0.15) is 0 Å². The Morgan fingerprint density at radius 1 is 1.27 bits per heavy atom.